The minimum atomic E-state index is -4.99. The Morgan fingerprint density at radius 1 is 1.07 bits per heavy atom. The van der Waals surface area contributed by atoms with Gasteiger partial charge in [-0.15, -0.1) is 0 Å². The number of carbonyl (C=O) groups is 1. The fourth-order valence-electron chi connectivity index (χ4n) is 2.49. The molecule has 9 heteroatoms. The molecule has 1 atom stereocenters. The Hall–Kier alpha value is -2.68. The highest BCUT2D eigenvalue weighted by Crippen LogP contribution is 2.33. The maximum atomic E-state index is 13.8. The first-order valence-electron chi connectivity index (χ1n) is 8.23. The lowest BCUT2D eigenvalue weighted by Crippen LogP contribution is -2.12. The predicted octanol–water partition coefficient (Wildman–Crippen LogP) is 5.11. The second kappa shape index (κ2) is 9.01. The van der Waals surface area contributed by atoms with E-state index in [0.29, 0.717) is 18.2 Å². The van der Waals surface area contributed by atoms with Crippen molar-refractivity contribution in [1.82, 2.24) is 0 Å². The van der Waals surface area contributed by atoms with Crippen LogP contribution in [0.25, 0.3) is 0 Å². The quantitative estimate of drug-likeness (QED) is 0.621. The zero-order valence-corrected chi connectivity index (χ0v) is 14.7. The third-order valence-electron chi connectivity index (χ3n) is 3.84. The number of alkyl halides is 3. The third-order valence-corrected chi connectivity index (χ3v) is 3.84. The normalized spacial score (nSPS) is 12.6. The molecule has 2 aromatic carbocycles. The van der Waals surface area contributed by atoms with Crippen LogP contribution in [-0.2, 0) is 22.3 Å². The predicted molar refractivity (Wildman–Crippen MR) is 88.8 cm³/mol. The molecule has 0 spiro atoms. The van der Waals surface area contributed by atoms with Gasteiger partial charge in [0.2, 0.25) is 0 Å². The van der Waals surface area contributed by atoms with E-state index >= 15 is 0 Å². The lowest BCUT2D eigenvalue weighted by atomic mass is 10.1. The van der Waals surface area contributed by atoms with E-state index in [1.54, 1.807) is 19.1 Å². The van der Waals surface area contributed by atoms with Gasteiger partial charge in [0.25, 0.3) is 0 Å². The first-order chi connectivity index (χ1) is 13.1. The standard InChI is InChI=1S/C19H17F5O4/c1-2-27-15(9-16(25)26)11-3-6-13(7-4-11)28-10-12-5-8-14(19(22,23)24)18(21)17(12)20/h3-8,15H,2,9-10H2,1H3,(H,25,26). The number of benzene rings is 2. The summed E-state index contributed by atoms with van der Waals surface area (Å²) in [5, 5.41) is 8.91. The average Bonchev–Trinajstić information content (AvgIpc) is 2.61. The SMILES string of the molecule is CCOC(CC(=O)O)c1ccc(OCc2ccc(C(F)(F)F)c(F)c2F)cc1. The summed E-state index contributed by atoms with van der Waals surface area (Å²) in [4.78, 5) is 10.9. The maximum Gasteiger partial charge on any atom is 0.419 e. The smallest absolute Gasteiger partial charge is 0.419 e. The van der Waals surface area contributed by atoms with Crippen molar-refractivity contribution < 1.29 is 41.3 Å². The maximum absolute atomic E-state index is 13.8. The van der Waals surface area contributed by atoms with Gasteiger partial charge >= 0.3 is 12.1 Å². The van der Waals surface area contributed by atoms with E-state index in [1.165, 1.54) is 12.1 Å². The van der Waals surface area contributed by atoms with Crippen LogP contribution in [0.5, 0.6) is 5.75 Å². The van der Waals surface area contributed by atoms with Gasteiger partial charge in [0.1, 0.15) is 12.4 Å². The number of rotatable bonds is 8. The number of carboxylic acids is 1. The first kappa shape index (κ1) is 21.6. The van der Waals surface area contributed by atoms with Gasteiger partial charge < -0.3 is 14.6 Å². The zero-order chi connectivity index (χ0) is 20.9. The molecule has 28 heavy (non-hydrogen) atoms. The van der Waals surface area contributed by atoms with Crippen LogP contribution in [0.4, 0.5) is 22.0 Å². The molecule has 0 fully saturated rings. The van der Waals surface area contributed by atoms with Gasteiger partial charge in [-0.1, -0.05) is 18.2 Å². The topological polar surface area (TPSA) is 55.8 Å². The summed E-state index contributed by atoms with van der Waals surface area (Å²) < 4.78 is 75.8. The molecule has 1 N–H and O–H groups in total. The molecular weight excluding hydrogens is 387 g/mol. The minimum Gasteiger partial charge on any atom is -0.489 e. The molecule has 0 saturated carbocycles. The van der Waals surface area contributed by atoms with Crippen molar-refractivity contribution in [1.29, 1.82) is 0 Å². The number of hydrogen-bond acceptors (Lipinski definition) is 3. The molecule has 2 aromatic rings. The van der Waals surface area contributed by atoms with Gasteiger partial charge in [0, 0.05) is 12.2 Å². The highest BCUT2D eigenvalue weighted by molar-refractivity contribution is 5.67. The molecule has 0 aliphatic carbocycles. The third kappa shape index (κ3) is 5.41. The minimum absolute atomic E-state index is 0.232. The summed E-state index contributed by atoms with van der Waals surface area (Å²) >= 11 is 0. The monoisotopic (exact) mass is 404 g/mol. The highest BCUT2D eigenvalue weighted by atomic mass is 19.4. The molecule has 0 heterocycles. The average molecular weight is 404 g/mol. The Bertz CT molecular complexity index is 818. The Balaban J connectivity index is 2.09. The summed E-state index contributed by atoms with van der Waals surface area (Å²) in [5.74, 6) is -4.38. The lowest BCUT2D eigenvalue weighted by Gasteiger charge is -2.16. The summed E-state index contributed by atoms with van der Waals surface area (Å²) in [6.45, 7) is 1.56. The molecule has 4 nitrogen and oxygen atoms in total. The fraction of sp³-hybridized carbons (Fsp3) is 0.316. The van der Waals surface area contributed by atoms with E-state index in [0.717, 1.165) is 6.07 Å². The van der Waals surface area contributed by atoms with E-state index in [-0.39, 0.29) is 17.7 Å². The Morgan fingerprint density at radius 3 is 2.25 bits per heavy atom. The number of aliphatic carboxylic acids is 1. The van der Waals surface area contributed by atoms with Crippen LogP contribution < -0.4 is 4.74 Å². The molecule has 152 valence electrons. The van der Waals surface area contributed by atoms with Crippen molar-refractivity contribution in [3.63, 3.8) is 0 Å². The second-order valence-corrected chi connectivity index (χ2v) is 5.80. The molecule has 0 bridgehead atoms. The molecule has 0 saturated heterocycles. The molecule has 0 amide bonds. The lowest BCUT2D eigenvalue weighted by molar-refractivity contribution is -0.141. The number of carboxylic acid groups (broad SMARTS) is 1. The van der Waals surface area contributed by atoms with Gasteiger partial charge in [0.15, 0.2) is 11.6 Å². The van der Waals surface area contributed by atoms with Gasteiger partial charge in [0.05, 0.1) is 18.1 Å². The Kier molecular flexibility index (Phi) is 6.95. The van der Waals surface area contributed by atoms with Crippen LogP contribution >= 0.6 is 0 Å². The summed E-state index contributed by atoms with van der Waals surface area (Å²) in [7, 11) is 0. The fourth-order valence-corrected chi connectivity index (χ4v) is 2.49. The van der Waals surface area contributed by atoms with Crippen LogP contribution in [-0.4, -0.2) is 17.7 Å². The van der Waals surface area contributed by atoms with E-state index in [9.17, 15) is 26.7 Å². The molecule has 0 aromatic heterocycles. The van der Waals surface area contributed by atoms with Crippen LogP contribution in [0, 0.1) is 11.6 Å². The number of hydrogen-bond donors (Lipinski definition) is 1. The molecule has 0 aliphatic rings. The van der Waals surface area contributed by atoms with Crippen molar-refractivity contribution in [2.45, 2.75) is 32.2 Å². The van der Waals surface area contributed by atoms with Crippen molar-refractivity contribution >= 4 is 5.97 Å². The molecule has 1 unspecified atom stereocenters. The van der Waals surface area contributed by atoms with Gasteiger partial charge in [-0.2, -0.15) is 13.2 Å². The summed E-state index contributed by atoms with van der Waals surface area (Å²) in [6.07, 6.45) is -5.88. The molecule has 2 rings (SSSR count). The molecule has 0 radical (unpaired) electrons. The van der Waals surface area contributed by atoms with E-state index in [4.69, 9.17) is 14.6 Å². The van der Waals surface area contributed by atoms with Crippen LogP contribution in [0.3, 0.4) is 0 Å². The van der Waals surface area contributed by atoms with Crippen LogP contribution in [0.2, 0.25) is 0 Å². The van der Waals surface area contributed by atoms with Crippen LogP contribution in [0.15, 0.2) is 36.4 Å². The Labute approximate surface area is 157 Å². The van der Waals surface area contributed by atoms with E-state index in [2.05, 4.69) is 0 Å². The van der Waals surface area contributed by atoms with Crippen molar-refractivity contribution in [2.75, 3.05) is 6.61 Å². The first-order valence-corrected chi connectivity index (χ1v) is 8.23. The highest BCUT2D eigenvalue weighted by Gasteiger charge is 2.36. The summed E-state index contributed by atoms with van der Waals surface area (Å²) in [5.41, 5.74) is -1.46. The van der Waals surface area contributed by atoms with Crippen molar-refractivity contribution in [2.24, 2.45) is 0 Å². The largest absolute Gasteiger partial charge is 0.489 e. The van der Waals surface area contributed by atoms with Gasteiger partial charge in [-0.3, -0.25) is 4.79 Å². The zero-order valence-electron chi connectivity index (χ0n) is 14.7. The van der Waals surface area contributed by atoms with E-state index in [1.807, 2.05) is 0 Å². The van der Waals surface area contributed by atoms with Gasteiger partial charge in [-0.25, -0.2) is 8.78 Å². The van der Waals surface area contributed by atoms with Gasteiger partial charge in [-0.05, 0) is 30.7 Å². The van der Waals surface area contributed by atoms with E-state index < -0.39 is 42.1 Å². The Morgan fingerprint density at radius 2 is 1.71 bits per heavy atom. The second-order valence-electron chi connectivity index (χ2n) is 5.80. The van der Waals surface area contributed by atoms with Crippen molar-refractivity contribution in [3.8, 4) is 5.75 Å². The number of ether oxygens (including phenoxy) is 2. The van der Waals surface area contributed by atoms with Crippen LogP contribution in [0.1, 0.15) is 36.1 Å². The molecule has 0 aliphatic heterocycles. The van der Waals surface area contributed by atoms with Crippen molar-refractivity contribution in [3.05, 3.63) is 64.7 Å². The number of halogens is 5. The summed E-state index contributed by atoms with van der Waals surface area (Å²) in [6, 6.07) is 7.33. The molecular formula is C19H17F5O4.